The zero-order valence-corrected chi connectivity index (χ0v) is 27.8. The molecule has 0 bridgehead atoms. The van der Waals surface area contributed by atoms with Crippen LogP contribution >= 0.6 is 15.9 Å². The van der Waals surface area contributed by atoms with E-state index in [-0.39, 0.29) is 21.5 Å². The molecule has 0 amide bonds. The Balaban J connectivity index is 0.000000190. The maximum absolute atomic E-state index is 7.12. The Morgan fingerprint density at radius 1 is 0.647 bits per heavy atom. The van der Waals surface area contributed by atoms with Crippen LogP contribution in [-0.4, -0.2) is 53.4 Å². The first kappa shape index (κ1) is 36.0. The summed E-state index contributed by atoms with van der Waals surface area (Å²) in [4.78, 5) is 12.1. The zero-order chi connectivity index (χ0) is 33.7. The summed E-state index contributed by atoms with van der Waals surface area (Å²) >= 11 is 3.46. The van der Waals surface area contributed by atoms with Crippen molar-refractivity contribution in [2.75, 3.05) is 14.2 Å². The lowest BCUT2D eigenvalue weighted by atomic mass is 10.2. The van der Waals surface area contributed by atoms with Crippen molar-refractivity contribution in [3.63, 3.8) is 0 Å². The molecule has 0 N–H and O–H groups in total. The van der Waals surface area contributed by atoms with E-state index in [1.54, 1.807) is 49.3 Å². The quantitative estimate of drug-likeness (QED) is 0.140. The van der Waals surface area contributed by atoms with E-state index >= 15 is 0 Å². The van der Waals surface area contributed by atoms with Crippen LogP contribution in [0.15, 0.2) is 102 Å². The summed E-state index contributed by atoms with van der Waals surface area (Å²) in [5.74, 6) is 4.30. The third-order valence-corrected chi connectivity index (χ3v) is 8.03. The molecule has 13 nitrogen and oxygen atoms in total. The standard InChI is InChI=1S/C18H13N5O2.C17H13BrN4O2.2CH4/c1-19-12-3-6-17-21-22-18(23(17)10-12)11-25-16-7-8-20-15-9-13(24-2)4-5-14(15)16;1-23-12-3-4-13-14(8-12)19-7-6-15(13)24-10-17-21-20-16-5-2-11(18)9-22(16)17;;/h3-10H,11H2,2H3;2-9H,10H2,1H3;2*1H4. The van der Waals surface area contributed by atoms with Crippen molar-refractivity contribution < 1.29 is 18.9 Å². The predicted octanol–water partition coefficient (Wildman–Crippen LogP) is 8.32. The van der Waals surface area contributed by atoms with E-state index in [4.69, 9.17) is 25.5 Å². The fourth-order valence-corrected chi connectivity index (χ4v) is 5.43. The molecule has 0 atom stereocenters. The van der Waals surface area contributed by atoms with Crippen molar-refractivity contribution in [3.8, 4) is 23.0 Å². The Bertz CT molecular complexity index is 2490. The lowest BCUT2D eigenvalue weighted by Crippen LogP contribution is -2.02. The molecule has 0 aliphatic heterocycles. The third-order valence-electron chi connectivity index (χ3n) is 7.56. The highest BCUT2D eigenvalue weighted by molar-refractivity contribution is 9.10. The molecule has 2 aromatic carbocycles. The molecule has 6 heterocycles. The van der Waals surface area contributed by atoms with E-state index in [0.717, 1.165) is 55.0 Å². The van der Waals surface area contributed by atoms with Crippen molar-refractivity contribution in [1.82, 2.24) is 39.2 Å². The van der Waals surface area contributed by atoms with Gasteiger partial charge in [0.2, 0.25) is 5.69 Å². The van der Waals surface area contributed by atoms with Crippen LogP contribution in [0.3, 0.4) is 0 Å². The van der Waals surface area contributed by atoms with Crippen molar-refractivity contribution in [2.45, 2.75) is 28.1 Å². The first-order valence-corrected chi connectivity index (χ1v) is 15.6. The van der Waals surface area contributed by atoms with E-state index in [1.807, 2.05) is 71.3 Å². The lowest BCUT2D eigenvalue weighted by molar-refractivity contribution is 0.298. The van der Waals surface area contributed by atoms with E-state index in [2.05, 4.69) is 51.1 Å². The summed E-state index contributed by atoms with van der Waals surface area (Å²) in [5.41, 5.74) is 3.59. The smallest absolute Gasteiger partial charge is 0.203 e. The summed E-state index contributed by atoms with van der Waals surface area (Å²) in [6.07, 6.45) is 7.03. The molecule has 0 saturated heterocycles. The van der Waals surface area contributed by atoms with Gasteiger partial charge in [-0.05, 0) is 70.5 Å². The number of halogens is 1. The number of ether oxygens (including phenoxy) is 4. The molecule has 6 aromatic heterocycles. The van der Waals surface area contributed by atoms with Gasteiger partial charge in [-0.1, -0.05) is 20.9 Å². The first-order valence-electron chi connectivity index (χ1n) is 14.8. The van der Waals surface area contributed by atoms with E-state index < -0.39 is 0 Å². The largest absolute Gasteiger partial charge is 0.497 e. The zero-order valence-electron chi connectivity index (χ0n) is 26.2. The molecule has 0 saturated carbocycles. The second-order valence-corrected chi connectivity index (χ2v) is 11.4. The molecule has 51 heavy (non-hydrogen) atoms. The van der Waals surface area contributed by atoms with Crippen molar-refractivity contribution in [1.29, 1.82) is 0 Å². The van der Waals surface area contributed by atoms with Crippen LogP contribution in [0.1, 0.15) is 26.5 Å². The first-order chi connectivity index (χ1) is 24.0. The third kappa shape index (κ3) is 7.63. The molecular weight excluding hydrogens is 714 g/mol. The summed E-state index contributed by atoms with van der Waals surface area (Å²) < 4.78 is 27.0. The highest BCUT2D eigenvalue weighted by atomic mass is 79.9. The Morgan fingerprint density at radius 3 is 1.67 bits per heavy atom. The lowest BCUT2D eigenvalue weighted by Gasteiger charge is -2.09. The predicted molar refractivity (Wildman–Crippen MR) is 199 cm³/mol. The van der Waals surface area contributed by atoms with Gasteiger partial charge in [-0.3, -0.25) is 18.8 Å². The van der Waals surface area contributed by atoms with Crippen LogP contribution in [-0.2, 0) is 13.2 Å². The molecule has 0 aliphatic rings. The van der Waals surface area contributed by atoms with Gasteiger partial charge in [-0.2, -0.15) is 0 Å². The Morgan fingerprint density at radius 2 is 1.16 bits per heavy atom. The molecule has 0 spiro atoms. The molecule has 8 rings (SSSR count). The number of nitrogens with zero attached hydrogens (tertiary/aromatic N) is 9. The SMILES string of the molecule is C.C.COc1ccc2c(OCc3nnc4ccc(Br)cn34)ccnc2c1.[C-]#[N+]c1ccc2nnc(COc3ccnc4cc(OC)ccc34)n2c1. The van der Waals surface area contributed by atoms with Crippen molar-refractivity contribution in [3.05, 3.63) is 125 Å². The highest BCUT2D eigenvalue weighted by Gasteiger charge is 2.11. The molecule has 0 radical (unpaired) electrons. The van der Waals surface area contributed by atoms with Gasteiger partial charge in [0.1, 0.15) is 36.2 Å². The summed E-state index contributed by atoms with van der Waals surface area (Å²) in [7, 11) is 3.26. The number of hydrogen-bond donors (Lipinski definition) is 0. The van der Waals surface area contributed by atoms with Crippen LogP contribution < -0.4 is 18.9 Å². The average molecular weight is 749 g/mol. The van der Waals surface area contributed by atoms with Gasteiger partial charge in [0.25, 0.3) is 0 Å². The summed E-state index contributed by atoms with van der Waals surface area (Å²) in [5, 5.41) is 18.4. The van der Waals surface area contributed by atoms with Gasteiger partial charge in [0.15, 0.2) is 22.9 Å². The monoisotopic (exact) mass is 747 g/mol. The summed E-state index contributed by atoms with van der Waals surface area (Å²) in [6.45, 7) is 7.66. The van der Waals surface area contributed by atoms with Gasteiger partial charge in [-0.15, -0.1) is 20.4 Å². The number of methoxy groups -OCH3 is 2. The summed E-state index contributed by atoms with van der Waals surface area (Å²) in [6, 6.07) is 22.3. The van der Waals surface area contributed by atoms with Gasteiger partial charge in [-0.25, -0.2) is 4.85 Å². The number of aromatic nitrogens is 8. The van der Waals surface area contributed by atoms with Crippen LogP contribution in [0.4, 0.5) is 5.69 Å². The second kappa shape index (κ2) is 15.9. The fraction of sp³-hybridized carbons (Fsp3) is 0.162. The molecule has 8 aromatic rings. The van der Waals surface area contributed by atoms with Crippen LogP contribution in [0.2, 0.25) is 0 Å². The molecular formula is C37H34BrN9O4. The number of hydrogen-bond acceptors (Lipinski definition) is 10. The number of rotatable bonds is 8. The molecule has 258 valence electrons. The minimum atomic E-state index is 0. The van der Waals surface area contributed by atoms with Crippen LogP contribution in [0, 0.1) is 6.57 Å². The van der Waals surface area contributed by atoms with Gasteiger partial charge < -0.3 is 18.9 Å². The van der Waals surface area contributed by atoms with Crippen molar-refractivity contribution in [2.24, 2.45) is 0 Å². The van der Waals surface area contributed by atoms with Crippen molar-refractivity contribution >= 4 is 54.7 Å². The van der Waals surface area contributed by atoms with Gasteiger partial charge in [0.05, 0.1) is 31.8 Å². The Hall–Kier alpha value is -6.33. The van der Waals surface area contributed by atoms with E-state index in [1.165, 1.54) is 0 Å². The number of fused-ring (bicyclic) bond motifs is 4. The molecule has 0 aliphatic carbocycles. The Kier molecular flexibility index (Phi) is 11.2. The second-order valence-electron chi connectivity index (χ2n) is 10.5. The van der Waals surface area contributed by atoms with E-state index in [0.29, 0.717) is 29.5 Å². The van der Waals surface area contributed by atoms with Crippen LogP contribution in [0.5, 0.6) is 23.0 Å². The number of pyridine rings is 4. The fourth-order valence-electron chi connectivity index (χ4n) is 5.10. The maximum Gasteiger partial charge on any atom is 0.203 e. The molecule has 0 fully saturated rings. The normalized spacial score (nSPS) is 10.5. The van der Waals surface area contributed by atoms with E-state index in [9.17, 15) is 0 Å². The minimum Gasteiger partial charge on any atom is -0.497 e. The number of benzene rings is 2. The van der Waals surface area contributed by atoms with Gasteiger partial charge >= 0.3 is 0 Å². The highest BCUT2D eigenvalue weighted by Crippen LogP contribution is 2.29. The Labute approximate surface area is 302 Å². The minimum absolute atomic E-state index is 0. The van der Waals surface area contributed by atoms with Gasteiger partial charge in [0, 0.05) is 52.2 Å². The maximum atomic E-state index is 7.12. The van der Waals surface area contributed by atoms with Crippen LogP contribution in [0.25, 0.3) is 37.9 Å². The molecule has 0 unspecified atom stereocenters. The average Bonchev–Trinajstić information content (AvgIpc) is 3.75. The topological polar surface area (TPSA) is 127 Å². The molecule has 14 heteroatoms.